The molecular formula is C54H70ClF2N13O8S. The lowest BCUT2D eigenvalue weighted by atomic mass is 9.83. The second-order valence-electron chi connectivity index (χ2n) is 19.8. The molecule has 1 saturated carbocycles. The third-order valence-electron chi connectivity index (χ3n) is 14.4. The molecule has 2 aromatic carbocycles. The quantitative estimate of drug-likeness (QED) is 0.0504. The number of carbonyl (C=O) groups excluding carboxylic acids is 5. The number of nitrogens with zero attached hydrogens (tertiary/aromatic N) is 8. The van der Waals surface area contributed by atoms with Crippen molar-refractivity contribution in [2.45, 2.75) is 52.0 Å². The van der Waals surface area contributed by atoms with Crippen LogP contribution in [0.25, 0.3) is 10.9 Å². The first-order chi connectivity index (χ1) is 38.2. The Balaban J connectivity index is 0.715. The van der Waals surface area contributed by atoms with Gasteiger partial charge in [-0.2, -0.15) is 0 Å². The second-order valence-corrected chi connectivity index (χ2v) is 21.2. The van der Waals surface area contributed by atoms with Crippen LogP contribution in [0.3, 0.4) is 0 Å². The molecule has 25 heteroatoms. The number of para-hydroxylation sites is 1. The number of rotatable bonds is 24. The second kappa shape index (κ2) is 28.1. The van der Waals surface area contributed by atoms with Crippen LogP contribution in [0.2, 0.25) is 5.02 Å². The predicted molar refractivity (Wildman–Crippen MR) is 298 cm³/mol. The molecule has 3 fully saturated rings. The van der Waals surface area contributed by atoms with E-state index < -0.39 is 29.5 Å². The van der Waals surface area contributed by atoms with Gasteiger partial charge in [-0.25, -0.2) is 23.7 Å². The zero-order valence-electron chi connectivity index (χ0n) is 45.1. The fourth-order valence-corrected chi connectivity index (χ4v) is 11.2. The summed E-state index contributed by atoms with van der Waals surface area (Å²) in [4.78, 5) is 89.4. The average Bonchev–Trinajstić information content (AvgIpc) is 4.24. The molecule has 5 N–H and O–H groups in total. The van der Waals surface area contributed by atoms with Gasteiger partial charge in [0.2, 0.25) is 11.8 Å². The number of aryl methyl sites for hydroxylation is 3. The van der Waals surface area contributed by atoms with E-state index in [1.807, 2.05) is 32.0 Å². The molecule has 0 bridgehead atoms. The number of nitrogens with one attached hydrogen (secondary N) is 5. The molecule has 1 aliphatic carbocycles. The summed E-state index contributed by atoms with van der Waals surface area (Å²) in [5, 5.41) is 15.7. The third-order valence-corrected chi connectivity index (χ3v) is 15.6. The Kier molecular flexibility index (Phi) is 20.9. The maximum Gasteiger partial charge on any atom is 0.271 e. The van der Waals surface area contributed by atoms with E-state index in [4.69, 9.17) is 25.8 Å². The standard InChI is InChI=1S/C54H70ClF2N13O8S/c1-34-9-8-12-38(55)47(34)65-50(72)42-32-60-54(79-42)63-43-31-44(62-35(2)61-43)68-16-14-67(15-17-68)22-24-77-26-28-78-27-25-76-23-13-59-51(73)46-37-29-39(56)40(57)30-41(37)66(4)49(46)53(75)70-20-18-69(19-21-70)52(74)48(64-45(71)33-58-3)36-10-6-5-7-11-36/h8-9,12,29-32,36,48,58H,5-7,10-11,13-28,33H2,1-4H3,(H,59,73)(H,64,71)(H,65,72)(H,60,61,62,63). The van der Waals surface area contributed by atoms with Gasteiger partial charge in [-0.3, -0.25) is 28.9 Å². The van der Waals surface area contributed by atoms with E-state index >= 15 is 0 Å². The van der Waals surface area contributed by atoms with Gasteiger partial charge >= 0.3 is 0 Å². The molecule has 3 aliphatic rings. The number of thiazole rings is 1. The molecule has 5 aromatic rings. The molecule has 0 spiro atoms. The number of amides is 5. The van der Waals surface area contributed by atoms with Crippen LogP contribution in [-0.4, -0.2) is 188 Å². The number of hydrogen-bond acceptors (Lipinski definition) is 16. The molecule has 2 saturated heterocycles. The van der Waals surface area contributed by atoms with Crippen LogP contribution >= 0.6 is 22.9 Å². The first kappa shape index (κ1) is 58.7. The van der Waals surface area contributed by atoms with Crippen LogP contribution in [0.1, 0.15) is 74.0 Å². The first-order valence-electron chi connectivity index (χ1n) is 26.8. The number of benzene rings is 2. The van der Waals surface area contributed by atoms with Crippen LogP contribution in [0, 0.1) is 31.4 Å². The number of aromatic nitrogens is 4. The van der Waals surface area contributed by atoms with Gasteiger partial charge in [0.25, 0.3) is 17.7 Å². The normalized spacial score (nSPS) is 15.8. The van der Waals surface area contributed by atoms with Crippen LogP contribution in [0.5, 0.6) is 0 Å². The highest BCUT2D eigenvalue weighted by atomic mass is 35.5. The molecule has 1 atom stereocenters. The summed E-state index contributed by atoms with van der Waals surface area (Å²) in [7, 11) is 3.19. The SMILES string of the molecule is CNCC(=O)NC(C(=O)N1CCN(C(=O)c2c(C(=O)NCCOCCOCCOCCN3CCN(c4cc(Nc5ncc(C(=O)Nc6c(C)cccc6Cl)s5)nc(C)n4)CC3)c3cc(F)c(F)cc3n2C)CC1)C1CCCCC1. The first-order valence-corrected chi connectivity index (χ1v) is 28.0. The van der Waals surface area contributed by atoms with Gasteiger partial charge in [0.1, 0.15) is 34.1 Å². The summed E-state index contributed by atoms with van der Waals surface area (Å²) in [6.07, 6.45) is 6.27. The van der Waals surface area contributed by atoms with E-state index in [1.165, 1.54) is 34.0 Å². The number of likely N-dealkylation sites (N-methyl/N-ethyl adjacent to an activating group) is 1. The van der Waals surface area contributed by atoms with E-state index in [2.05, 4.69) is 51.3 Å². The van der Waals surface area contributed by atoms with E-state index in [-0.39, 0.29) is 98.3 Å². The highest BCUT2D eigenvalue weighted by Gasteiger charge is 2.37. The molecule has 21 nitrogen and oxygen atoms in total. The fourth-order valence-electron chi connectivity index (χ4n) is 10.2. The van der Waals surface area contributed by atoms with Gasteiger partial charge in [-0.15, -0.1) is 0 Å². The van der Waals surface area contributed by atoms with Gasteiger partial charge in [-0.1, -0.05) is 54.3 Å². The monoisotopic (exact) mass is 1130 g/mol. The van der Waals surface area contributed by atoms with E-state index in [1.54, 1.807) is 18.0 Å². The fraction of sp³-hybridized carbons (Fsp3) is 0.519. The molecule has 5 heterocycles. The molecule has 5 amide bonds. The zero-order chi connectivity index (χ0) is 56.0. The molecule has 1 unspecified atom stereocenters. The number of anilines is 4. The summed E-state index contributed by atoms with van der Waals surface area (Å²) in [6, 6.07) is 8.55. The van der Waals surface area contributed by atoms with E-state index in [0.717, 1.165) is 88.3 Å². The van der Waals surface area contributed by atoms with Gasteiger partial charge in [0, 0.05) is 90.0 Å². The van der Waals surface area contributed by atoms with Crippen molar-refractivity contribution >= 4 is 85.8 Å². The number of halogens is 3. The number of fused-ring (bicyclic) bond motifs is 1. The van der Waals surface area contributed by atoms with Crippen molar-refractivity contribution in [2.24, 2.45) is 13.0 Å². The maximum absolute atomic E-state index is 14.7. The lowest BCUT2D eigenvalue weighted by molar-refractivity contribution is -0.139. The van der Waals surface area contributed by atoms with Crippen molar-refractivity contribution in [3.63, 3.8) is 0 Å². The van der Waals surface area contributed by atoms with Crippen molar-refractivity contribution in [3.05, 3.63) is 86.8 Å². The van der Waals surface area contributed by atoms with Gasteiger partial charge in [0.05, 0.1) is 74.2 Å². The predicted octanol–water partition coefficient (Wildman–Crippen LogP) is 5.14. The number of ether oxygens (including phenoxy) is 3. The van der Waals surface area contributed by atoms with Gasteiger partial charge in [0.15, 0.2) is 16.8 Å². The lowest BCUT2D eigenvalue weighted by Gasteiger charge is -2.39. The largest absolute Gasteiger partial charge is 0.378 e. The zero-order valence-corrected chi connectivity index (χ0v) is 46.7. The summed E-state index contributed by atoms with van der Waals surface area (Å²) in [5.74, 6) is -2.18. The minimum absolute atomic E-state index is 0.0224. The Bertz CT molecular complexity index is 2920. The molecule has 2 aliphatic heterocycles. The molecule has 0 radical (unpaired) electrons. The number of piperazine rings is 2. The minimum Gasteiger partial charge on any atom is -0.378 e. The van der Waals surface area contributed by atoms with Crippen molar-refractivity contribution < 1.29 is 47.0 Å². The Morgan fingerprint density at radius 1 is 0.823 bits per heavy atom. The van der Waals surface area contributed by atoms with Crippen molar-refractivity contribution in [3.8, 4) is 0 Å². The minimum atomic E-state index is -1.16. The van der Waals surface area contributed by atoms with E-state index in [0.29, 0.717) is 58.8 Å². The van der Waals surface area contributed by atoms with Crippen molar-refractivity contribution in [1.29, 1.82) is 0 Å². The van der Waals surface area contributed by atoms with E-state index in [9.17, 15) is 32.8 Å². The van der Waals surface area contributed by atoms with Crippen LogP contribution in [-0.2, 0) is 30.8 Å². The summed E-state index contributed by atoms with van der Waals surface area (Å²) < 4.78 is 47.9. The average molecular weight is 1130 g/mol. The molecule has 426 valence electrons. The van der Waals surface area contributed by atoms with Crippen molar-refractivity contribution in [1.82, 2.24) is 50.2 Å². The molecule has 79 heavy (non-hydrogen) atoms. The Labute approximate surface area is 467 Å². The Morgan fingerprint density at radius 2 is 1.51 bits per heavy atom. The smallest absolute Gasteiger partial charge is 0.271 e. The molecule has 3 aromatic heterocycles. The summed E-state index contributed by atoms with van der Waals surface area (Å²) in [5.41, 5.74) is 1.47. The Morgan fingerprint density at radius 3 is 2.22 bits per heavy atom. The lowest BCUT2D eigenvalue weighted by Crippen LogP contribution is -2.58. The van der Waals surface area contributed by atoms with Crippen molar-refractivity contribution in [2.75, 3.05) is 134 Å². The highest BCUT2D eigenvalue weighted by molar-refractivity contribution is 7.17. The highest BCUT2D eigenvalue weighted by Crippen LogP contribution is 2.32. The topological polar surface area (TPSA) is 230 Å². The van der Waals surface area contributed by atoms with Gasteiger partial charge < -0.3 is 60.1 Å². The molecule has 8 rings (SSSR count). The molecular weight excluding hydrogens is 1060 g/mol. The van der Waals surface area contributed by atoms with Gasteiger partial charge in [-0.05, 0) is 57.4 Å². The summed E-state index contributed by atoms with van der Waals surface area (Å²) >= 11 is 7.51. The third kappa shape index (κ3) is 15.3. The Hall–Kier alpha value is -6.41. The van der Waals surface area contributed by atoms with Crippen LogP contribution < -0.4 is 31.5 Å². The summed E-state index contributed by atoms with van der Waals surface area (Å²) in [6.45, 7) is 10.5. The van der Waals surface area contributed by atoms with Crippen LogP contribution in [0.4, 0.5) is 31.2 Å². The number of hydrogen-bond donors (Lipinski definition) is 5. The number of carbonyl (C=O) groups is 5. The van der Waals surface area contributed by atoms with Crippen LogP contribution in [0.15, 0.2) is 42.6 Å². The maximum atomic E-state index is 14.7.